The van der Waals surface area contributed by atoms with Gasteiger partial charge in [-0.2, -0.15) is 5.10 Å². The molecule has 4 rings (SSSR count). The second kappa shape index (κ2) is 8.20. The molecule has 0 saturated carbocycles. The van der Waals surface area contributed by atoms with Crippen molar-refractivity contribution in [3.63, 3.8) is 0 Å². The smallest absolute Gasteiger partial charge is 0.181 e. The maximum atomic E-state index is 9.78. The van der Waals surface area contributed by atoms with Gasteiger partial charge < -0.3 is 19.3 Å². The van der Waals surface area contributed by atoms with Gasteiger partial charge in [-0.15, -0.1) is 0 Å². The fraction of sp³-hybridized carbons (Fsp3) is 0.500. The predicted octanol–water partition coefficient (Wildman–Crippen LogP) is 3.15. The lowest BCUT2D eigenvalue weighted by atomic mass is 9.95. The van der Waals surface area contributed by atoms with Gasteiger partial charge in [-0.1, -0.05) is 19.0 Å². The Bertz CT molecular complexity index is 1010. The van der Waals surface area contributed by atoms with Gasteiger partial charge in [-0.05, 0) is 31.2 Å². The van der Waals surface area contributed by atoms with E-state index in [9.17, 15) is 5.11 Å². The van der Waals surface area contributed by atoms with Gasteiger partial charge in [0.1, 0.15) is 5.76 Å². The number of fused-ring (bicyclic) bond motifs is 1. The van der Waals surface area contributed by atoms with E-state index in [0.29, 0.717) is 43.5 Å². The third-order valence-corrected chi connectivity index (χ3v) is 5.52. The predicted molar refractivity (Wildman–Crippen MR) is 114 cm³/mol. The molecule has 0 aliphatic carbocycles. The van der Waals surface area contributed by atoms with E-state index in [1.54, 1.807) is 0 Å². The normalized spacial score (nSPS) is 14.0. The van der Waals surface area contributed by atoms with Gasteiger partial charge in [-0.25, -0.2) is 9.67 Å². The first kappa shape index (κ1) is 20.6. The van der Waals surface area contributed by atoms with Gasteiger partial charge >= 0.3 is 0 Å². The van der Waals surface area contributed by atoms with Crippen LogP contribution in [0.25, 0.3) is 22.9 Å². The van der Waals surface area contributed by atoms with Crippen LogP contribution >= 0.6 is 0 Å². The number of anilines is 1. The van der Waals surface area contributed by atoms with Crippen molar-refractivity contribution in [2.24, 2.45) is 5.41 Å². The third-order valence-electron chi connectivity index (χ3n) is 5.52. The summed E-state index contributed by atoms with van der Waals surface area (Å²) in [5, 5.41) is 18.8. The molecule has 1 aliphatic heterocycles. The number of nitrogens with zero attached hydrogens (tertiary/aromatic N) is 5. The summed E-state index contributed by atoms with van der Waals surface area (Å²) >= 11 is 0. The fourth-order valence-electron chi connectivity index (χ4n) is 3.46. The van der Waals surface area contributed by atoms with Crippen molar-refractivity contribution in [2.45, 2.75) is 40.3 Å². The Balaban J connectivity index is 1.75. The molecular formula is C22H29N5O3. The molecule has 8 nitrogen and oxygen atoms in total. The molecule has 0 unspecified atom stereocenters. The van der Waals surface area contributed by atoms with Crippen LogP contribution in [0.3, 0.4) is 0 Å². The summed E-state index contributed by atoms with van der Waals surface area (Å²) in [7, 11) is 2.06. The van der Waals surface area contributed by atoms with E-state index in [2.05, 4.69) is 36.2 Å². The molecule has 0 saturated heterocycles. The number of ether oxygens (including phenoxy) is 1. The fourth-order valence-corrected chi connectivity index (χ4v) is 3.46. The van der Waals surface area contributed by atoms with Crippen LogP contribution in [-0.4, -0.2) is 51.8 Å². The van der Waals surface area contributed by atoms with Crippen LogP contribution in [0.2, 0.25) is 0 Å². The lowest BCUT2D eigenvalue weighted by molar-refractivity contribution is 0.103. The molecule has 0 radical (unpaired) electrons. The van der Waals surface area contributed by atoms with Gasteiger partial charge in [0.15, 0.2) is 17.3 Å². The Labute approximate surface area is 176 Å². The van der Waals surface area contributed by atoms with Gasteiger partial charge in [0, 0.05) is 43.3 Å². The molecule has 0 bridgehead atoms. The van der Waals surface area contributed by atoms with Crippen molar-refractivity contribution >= 4 is 5.69 Å². The highest BCUT2D eigenvalue weighted by Crippen LogP contribution is 2.31. The minimum Gasteiger partial charge on any atom is -0.396 e. The monoisotopic (exact) mass is 411 g/mol. The summed E-state index contributed by atoms with van der Waals surface area (Å²) in [4.78, 5) is 7.00. The van der Waals surface area contributed by atoms with E-state index in [1.165, 1.54) is 0 Å². The number of hydrogen-bond acceptors (Lipinski definition) is 7. The second-order valence-electron chi connectivity index (χ2n) is 8.54. The Hall–Kier alpha value is -2.71. The molecule has 3 aromatic rings. The van der Waals surface area contributed by atoms with E-state index in [-0.39, 0.29) is 12.0 Å². The summed E-state index contributed by atoms with van der Waals surface area (Å²) in [6.45, 7) is 8.68. The number of hydrogen-bond donors (Lipinski definition) is 1. The molecule has 0 spiro atoms. The van der Waals surface area contributed by atoms with E-state index in [0.717, 1.165) is 29.1 Å². The van der Waals surface area contributed by atoms with Gasteiger partial charge in [-0.3, -0.25) is 0 Å². The maximum Gasteiger partial charge on any atom is 0.181 e. The molecule has 1 N–H and O–H groups in total. The molecular weight excluding hydrogens is 382 g/mol. The van der Waals surface area contributed by atoms with Crippen LogP contribution in [0.5, 0.6) is 0 Å². The van der Waals surface area contributed by atoms with Gasteiger partial charge in [0.25, 0.3) is 0 Å². The second-order valence-corrected chi connectivity index (χ2v) is 8.54. The summed E-state index contributed by atoms with van der Waals surface area (Å²) in [6.07, 6.45) is 0.706. The van der Waals surface area contributed by atoms with Crippen molar-refractivity contribution in [3.8, 4) is 22.9 Å². The Kier molecular flexibility index (Phi) is 5.62. The Morgan fingerprint density at radius 2 is 2.00 bits per heavy atom. The topological polar surface area (TPSA) is 89.4 Å². The first-order valence-corrected chi connectivity index (χ1v) is 10.3. The van der Waals surface area contributed by atoms with Crippen molar-refractivity contribution in [3.05, 3.63) is 35.6 Å². The highest BCUT2D eigenvalue weighted by Gasteiger charge is 2.28. The molecule has 2 aromatic heterocycles. The number of aliphatic hydroxyl groups excluding tert-OH is 1. The summed E-state index contributed by atoms with van der Waals surface area (Å²) in [5.74, 6) is 2.11. The minimum atomic E-state index is -0.353. The van der Waals surface area contributed by atoms with Crippen LogP contribution < -0.4 is 4.90 Å². The average molecular weight is 412 g/mol. The zero-order valence-electron chi connectivity index (χ0n) is 18.1. The molecule has 0 amide bonds. The number of aliphatic hydroxyl groups is 1. The molecule has 0 atom stereocenters. The first-order valence-electron chi connectivity index (χ1n) is 10.3. The Morgan fingerprint density at radius 1 is 1.23 bits per heavy atom. The van der Waals surface area contributed by atoms with E-state index in [4.69, 9.17) is 19.3 Å². The molecule has 160 valence electrons. The molecule has 3 heterocycles. The van der Waals surface area contributed by atoms with Crippen LogP contribution in [0, 0.1) is 5.41 Å². The molecule has 30 heavy (non-hydrogen) atoms. The van der Waals surface area contributed by atoms with Gasteiger partial charge in [0.2, 0.25) is 0 Å². The van der Waals surface area contributed by atoms with Gasteiger partial charge in [0.05, 0.1) is 25.3 Å². The highest BCUT2D eigenvalue weighted by atomic mass is 16.5. The standard InChI is InChI=1S/C22H29N5O3/c1-5-26(4)16-8-6-15(7-9-16)20-23-21(27(24-20)13-22(2,3)14-28)19-17-12-29-11-10-18(17)30-25-19/h6-9,28H,5,10-14H2,1-4H3. The minimum absolute atomic E-state index is 0.0414. The lowest BCUT2D eigenvalue weighted by Crippen LogP contribution is -2.25. The SMILES string of the molecule is CCN(C)c1ccc(-c2nc(-c3noc4c3COCC4)n(CC(C)(C)CO)n2)cc1. The maximum absolute atomic E-state index is 9.78. The van der Waals surface area contributed by atoms with Crippen molar-refractivity contribution in [1.82, 2.24) is 19.9 Å². The van der Waals surface area contributed by atoms with Crippen molar-refractivity contribution in [2.75, 3.05) is 31.7 Å². The van der Waals surface area contributed by atoms with E-state index in [1.807, 2.05) is 30.7 Å². The number of aromatic nitrogens is 4. The lowest BCUT2D eigenvalue weighted by Gasteiger charge is -2.22. The third kappa shape index (κ3) is 3.97. The van der Waals surface area contributed by atoms with Crippen LogP contribution in [0.1, 0.15) is 32.1 Å². The largest absolute Gasteiger partial charge is 0.396 e. The molecule has 0 fully saturated rings. The first-order chi connectivity index (χ1) is 14.4. The highest BCUT2D eigenvalue weighted by molar-refractivity contribution is 5.64. The molecule has 8 heteroatoms. The van der Waals surface area contributed by atoms with E-state index < -0.39 is 0 Å². The molecule has 1 aliphatic rings. The van der Waals surface area contributed by atoms with E-state index >= 15 is 0 Å². The average Bonchev–Trinajstić information content (AvgIpc) is 3.37. The molecule has 1 aromatic carbocycles. The van der Waals surface area contributed by atoms with Crippen LogP contribution in [0.4, 0.5) is 5.69 Å². The number of benzene rings is 1. The van der Waals surface area contributed by atoms with Crippen molar-refractivity contribution in [1.29, 1.82) is 0 Å². The van der Waals surface area contributed by atoms with Crippen molar-refractivity contribution < 1.29 is 14.4 Å². The number of rotatable bonds is 7. The summed E-state index contributed by atoms with van der Waals surface area (Å²) in [5.41, 5.74) is 3.32. The Morgan fingerprint density at radius 3 is 2.70 bits per heavy atom. The van der Waals surface area contributed by atoms with Crippen LogP contribution in [-0.2, 0) is 24.3 Å². The quantitative estimate of drug-likeness (QED) is 0.639. The zero-order chi connectivity index (χ0) is 21.3. The summed E-state index contributed by atoms with van der Waals surface area (Å²) in [6, 6.07) is 8.21. The zero-order valence-corrected chi connectivity index (χ0v) is 18.1. The van der Waals surface area contributed by atoms with Crippen LogP contribution in [0.15, 0.2) is 28.8 Å². The summed E-state index contributed by atoms with van der Waals surface area (Å²) < 4.78 is 13.0.